The van der Waals surface area contributed by atoms with Gasteiger partial charge in [-0.2, -0.15) is 0 Å². The van der Waals surface area contributed by atoms with Gasteiger partial charge in [0.2, 0.25) is 0 Å². The number of para-hydroxylation sites is 1. The molecule has 0 spiro atoms. The van der Waals surface area contributed by atoms with Crippen LogP contribution in [0, 0.1) is 6.92 Å². The van der Waals surface area contributed by atoms with E-state index in [1.165, 1.54) is 25.8 Å². The summed E-state index contributed by atoms with van der Waals surface area (Å²) in [5.41, 5.74) is 2.67. The highest BCUT2D eigenvalue weighted by atomic mass is 32.2. The van der Waals surface area contributed by atoms with Crippen LogP contribution in [0.25, 0.3) is 0 Å². The predicted molar refractivity (Wildman–Crippen MR) is 106 cm³/mol. The van der Waals surface area contributed by atoms with Crippen molar-refractivity contribution in [3.63, 3.8) is 0 Å². The minimum atomic E-state index is 0.496. The Bertz CT molecular complexity index is 931. The van der Waals surface area contributed by atoms with Gasteiger partial charge >= 0.3 is 0 Å². The van der Waals surface area contributed by atoms with Crippen LogP contribution in [-0.4, -0.2) is 0 Å². The van der Waals surface area contributed by atoms with Gasteiger partial charge < -0.3 is 4.74 Å². The summed E-state index contributed by atoms with van der Waals surface area (Å²) in [4.78, 5) is 4.86. The summed E-state index contributed by atoms with van der Waals surface area (Å²) in [6, 6.07) is 21.4. The standard InChI is InChI=1S/C22H20OS2/c1-14(2)16-13-22-18(12-15(16)3)23-17-8-4-5-9-19(17)24-20-10-6-7-11-21(20)25-22/h4-14H,1-3H3. The predicted octanol–water partition coefficient (Wildman–Crippen LogP) is 7.53. The fourth-order valence-electron chi connectivity index (χ4n) is 3.05. The van der Waals surface area contributed by atoms with E-state index in [0.29, 0.717) is 5.92 Å². The minimum absolute atomic E-state index is 0.496. The van der Waals surface area contributed by atoms with Gasteiger partial charge in [0.05, 0.1) is 9.79 Å². The highest BCUT2D eigenvalue weighted by Crippen LogP contribution is 2.48. The molecule has 0 unspecified atom stereocenters. The van der Waals surface area contributed by atoms with Crippen LogP contribution in [-0.2, 0) is 0 Å². The van der Waals surface area contributed by atoms with E-state index in [0.717, 1.165) is 16.4 Å². The van der Waals surface area contributed by atoms with Crippen molar-refractivity contribution >= 4 is 23.5 Å². The SMILES string of the molecule is Cc1cc2c(cc1C(C)C)Sc1ccccc1Sc1ccccc1O2. The first-order valence-corrected chi connectivity index (χ1v) is 10.1. The summed E-state index contributed by atoms with van der Waals surface area (Å²) in [5, 5.41) is 0. The smallest absolute Gasteiger partial charge is 0.141 e. The fourth-order valence-corrected chi connectivity index (χ4v) is 5.15. The molecule has 4 rings (SSSR count). The first-order valence-electron chi connectivity index (χ1n) is 8.48. The van der Waals surface area contributed by atoms with E-state index in [-0.39, 0.29) is 0 Å². The van der Waals surface area contributed by atoms with Gasteiger partial charge in [-0.05, 0) is 60.4 Å². The first-order chi connectivity index (χ1) is 12.1. The molecule has 3 aromatic carbocycles. The summed E-state index contributed by atoms with van der Waals surface area (Å²) in [6.45, 7) is 6.66. The molecule has 1 aliphatic heterocycles. The number of benzene rings is 3. The molecule has 0 fully saturated rings. The monoisotopic (exact) mass is 364 g/mol. The third-order valence-corrected chi connectivity index (χ3v) is 6.69. The molecule has 0 radical (unpaired) electrons. The normalized spacial score (nSPS) is 13.0. The lowest BCUT2D eigenvalue weighted by Crippen LogP contribution is -1.96. The maximum absolute atomic E-state index is 6.37. The van der Waals surface area contributed by atoms with E-state index in [9.17, 15) is 0 Å². The summed E-state index contributed by atoms with van der Waals surface area (Å²) in [7, 11) is 0. The Morgan fingerprint density at radius 2 is 1.32 bits per heavy atom. The van der Waals surface area contributed by atoms with Crippen LogP contribution in [0.2, 0.25) is 0 Å². The Hall–Kier alpha value is -1.84. The number of fused-ring (bicyclic) bond motifs is 3. The number of ether oxygens (including phenoxy) is 1. The van der Waals surface area contributed by atoms with E-state index >= 15 is 0 Å². The van der Waals surface area contributed by atoms with Crippen molar-refractivity contribution in [1.82, 2.24) is 0 Å². The third-order valence-electron chi connectivity index (χ3n) is 4.31. The molecule has 126 valence electrons. The third kappa shape index (κ3) is 3.31. The molecule has 0 atom stereocenters. The van der Waals surface area contributed by atoms with Crippen molar-refractivity contribution < 1.29 is 4.74 Å². The summed E-state index contributed by atoms with van der Waals surface area (Å²) in [5.74, 6) is 2.36. The Morgan fingerprint density at radius 1 is 0.720 bits per heavy atom. The van der Waals surface area contributed by atoms with Crippen molar-refractivity contribution in [2.24, 2.45) is 0 Å². The Labute approximate surface area is 157 Å². The van der Waals surface area contributed by atoms with E-state index in [1.54, 1.807) is 23.5 Å². The van der Waals surface area contributed by atoms with E-state index in [1.807, 2.05) is 6.07 Å². The Morgan fingerprint density at radius 3 is 2.00 bits per heavy atom. The van der Waals surface area contributed by atoms with E-state index < -0.39 is 0 Å². The largest absolute Gasteiger partial charge is 0.455 e. The molecule has 0 bridgehead atoms. The zero-order valence-corrected chi connectivity index (χ0v) is 16.2. The number of hydrogen-bond donors (Lipinski definition) is 0. The summed E-state index contributed by atoms with van der Waals surface area (Å²) >= 11 is 3.56. The van der Waals surface area contributed by atoms with Gasteiger partial charge in [-0.25, -0.2) is 0 Å². The highest BCUT2D eigenvalue weighted by molar-refractivity contribution is 8.02. The second-order valence-electron chi connectivity index (χ2n) is 6.51. The number of rotatable bonds is 1. The van der Waals surface area contributed by atoms with Crippen LogP contribution in [0.4, 0.5) is 0 Å². The number of hydrogen-bond acceptors (Lipinski definition) is 3. The van der Waals surface area contributed by atoms with Gasteiger partial charge in [0, 0.05) is 9.79 Å². The maximum Gasteiger partial charge on any atom is 0.141 e. The number of aryl methyl sites for hydroxylation is 1. The molecule has 0 amide bonds. The molecular formula is C22H20OS2. The lowest BCUT2D eigenvalue weighted by molar-refractivity contribution is 0.459. The molecule has 0 N–H and O–H groups in total. The molecular weight excluding hydrogens is 344 g/mol. The van der Waals surface area contributed by atoms with Gasteiger partial charge in [0.1, 0.15) is 11.5 Å². The van der Waals surface area contributed by atoms with Crippen molar-refractivity contribution in [2.75, 3.05) is 0 Å². The fraction of sp³-hybridized carbons (Fsp3) is 0.182. The molecule has 0 saturated heterocycles. The molecule has 1 aliphatic rings. The first kappa shape index (κ1) is 16.6. The van der Waals surface area contributed by atoms with Crippen LogP contribution in [0.3, 0.4) is 0 Å². The molecule has 1 nitrogen and oxygen atoms in total. The van der Waals surface area contributed by atoms with Crippen molar-refractivity contribution in [2.45, 2.75) is 46.3 Å². The van der Waals surface area contributed by atoms with Gasteiger partial charge in [-0.15, -0.1) is 0 Å². The maximum atomic E-state index is 6.37. The van der Waals surface area contributed by atoms with Crippen LogP contribution in [0.15, 0.2) is 80.2 Å². The van der Waals surface area contributed by atoms with Gasteiger partial charge in [0.15, 0.2) is 0 Å². The van der Waals surface area contributed by atoms with Gasteiger partial charge in [-0.1, -0.05) is 61.6 Å². The Balaban J connectivity index is 1.94. The highest BCUT2D eigenvalue weighted by Gasteiger charge is 2.18. The van der Waals surface area contributed by atoms with Crippen molar-refractivity contribution in [3.05, 3.63) is 71.8 Å². The molecule has 0 saturated carbocycles. The van der Waals surface area contributed by atoms with Crippen LogP contribution >= 0.6 is 23.5 Å². The molecule has 3 heteroatoms. The average Bonchev–Trinajstić information content (AvgIpc) is 2.65. The van der Waals surface area contributed by atoms with Crippen LogP contribution in [0.5, 0.6) is 11.5 Å². The molecule has 0 aliphatic carbocycles. The van der Waals surface area contributed by atoms with Crippen LogP contribution in [0.1, 0.15) is 30.9 Å². The molecule has 1 heterocycles. The van der Waals surface area contributed by atoms with Gasteiger partial charge in [-0.3, -0.25) is 0 Å². The Kier molecular flexibility index (Phi) is 4.53. The topological polar surface area (TPSA) is 9.23 Å². The molecule has 0 aromatic heterocycles. The zero-order valence-electron chi connectivity index (χ0n) is 14.6. The lowest BCUT2D eigenvalue weighted by atomic mass is 9.98. The molecule has 25 heavy (non-hydrogen) atoms. The summed E-state index contributed by atoms with van der Waals surface area (Å²) in [6.07, 6.45) is 0. The van der Waals surface area contributed by atoms with Crippen LogP contribution < -0.4 is 4.74 Å². The second-order valence-corrected chi connectivity index (χ2v) is 8.68. The van der Waals surface area contributed by atoms with Gasteiger partial charge in [0.25, 0.3) is 0 Å². The molecule has 3 aromatic rings. The zero-order chi connectivity index (χ0) is 17.4. The quantitative estimate of drug-likeness (QED) is 0.345. The lowest BCUT2D eigenvalue weighted by Gasteiger charge is -2.17. The van der Waals surface area contributed by atoms with Crippen molar-refractivity contribution in [3.8, 4) is 11.5 Å². The van der Waals surface area contributed by atoms with E-state index in [4.69, 9.17) is 4.74 Å². The minimum Gasteiger partial charge on any atom is -0.455 e. The van der Waals surface area contributed by atoms with E-state index in [2.05, 4.69) is 75.4 Å². The summed E-state index contributed by atoms with van der Waals surface area (Å²) < 4.78 is 6.37. The van der Waals surface area contributed by atoms with Crippen molar-refractivity contribution in [1.29, 1.82) is 0 Å². The second kappa shape index (κ2) is 6.81. The average molecular weight is 365 g/mol.